The lowest BCUT2D eigenvalue weighted by Gasteiger charge is -2.17. The lowest BCUT2D eigenvalue weighted by Crippen LogP contribution is -2.00. The van der Waals surface area contributed by atoms with Gasteiger partial charge in [0.25, 0.3) is 0 Å². The second kappa shape index (κ2) is 5.58. The van der Waals surface area contributed by atoms with E-state index in [9.17, 15) is 10.2 Å². The lowest BCUT2D eigenvalue weighted by molar-refractivity contribution is 0.472. The molecule has 2 aromatic rings. The lowest BCUT2D eigenvalue weighted by atomic mass is 9.87. The zero-order chi connectivity index (χ0) is 13.0. The number of phenols is 2. The van der Waals surface area contributed by atoms with E-state index in [4.69, 9.17) is 0 Å². The molecule has 0 heterocycles. The summed E-state index contributed by atoms with van der Waals surface area (Å²) in [7, 11) is 0. The van der Waals surface area contributed by atoms with Gasteiger partial charge in [-0.05, 0) is 41.8 Å². The number of phenolic OH excluding ortho intramolecular Hbond substituents is 2. The van der Waals surface area contributed by atoms with Crippen LogP contribution in [0.2, 0.25) is 0 Å². The van der Waals surface area contributed by atoms with Crippen LogP contribution in [0.4, 0.5) is 0 Å². The van der Waals surface area contributed by atoms with Crippen molar-refractivity contribution in [3.05, 3.63) is 59.7 Å². The van der Waals surface area contributed by atoms with Gasteiger partial charge in [0.15, 0.2) is 0 Å². The summed E-state index contributed by atoms with van der Waals surface area (Å²) < 4.78 is 0. The first-order valence-electron chi connectivity index (χ1n) is 6.28. The molecule has 0 atom stereocenters. The molecule has 0 saturated heterocycles. The van der Waals surface area contributed by atoms with Gasteiger partial charge in [0.2, 0.25) is 0 Å². The fraction of sp³-hybridized carbons (Fsp3) is 0.250. The molecular formula is C16H18O2. The Morgan fingerprint density at radius 3 is 1.78 bits per heavy atom. The van der Waals surface area contributed by atoms with Crippen molar-refractivity contribution in [3.8, 4) is 11.5 Å². The largest absolute Gasteiger partial charge is 0.508 e. The maximum atomic E-state index is 9.58. The summed E-state index contributed by atoms with van der Waals surface area (Å²) in [5, 5.41) is 19.2. The monoisotopic (exact) mass is 242 g/mol. The fourth-order valence-electron chi connectivity index (χ4n) is 2.30. The van der Waals surface area contributed by atoms with Gasteiger partial charge in [-0.25, -0.2) is 0 Å². The second-order valence-electron chi connectivity index (χ2n) is 4.53. The van der Waals surface area contributed by atoms with Gasteiger partial charge in [-0.3, -0.25) is 0 Å². The first-order valence-corrected chi connectivity index (χ1v) is 6.28. The molecule has 0 amide bonds. The van der Waals surface area contributed by atoms with Gasteiger partial charge in [0, 0.05) is 5.92 Å². The molecule has 0 aromatic heterocycles. The van der Waals surface area contributed by atoms with Crippen LogP contribution in [0.1, 0.15) is 36.8 Å². The van der Waals surface area contributed by atoms with Crippen LogP contribution < -0.4 is 0 Å². The Morgan fingerprint density at radius 2 is 1.39 bits per heavy atom. The van der Waals surface area contributed by atoms with E-state index in [1.54, 1.807) is 24.3 Å². The molecule has 0 saturated carbocycles. The minimum Gasteiger partial charge on any atom is -0.508 e. The van der Waals surface area contributed by atoms with Crippen molar-refractivity contribution in [1.29, 1.82) is 0 Å². The molecule has 0 bridgehead atoms. The van der Waals surface area contributed by atoms with E-state index in [0.717, 1.165) is 24.0 Å². The average Bonchev–Trinajstić information content (AvgIpc) is 2.36. The van der Waals surface area contributed by atoms with Crippen molar-refractivity contribution in [2.24, 2.45) is 0 Å². The Bertz CT molecular complexity index is 475. The molecule has 2 nitrogen and oxygen atoms in total. The molecule has 0 aliphatic heterocycles. The molecule has 18 heavy (non-hydrogen) atoms. The van der Waals surface area contributed by atoms with Gasteiger partial charge in [0.1, 0.15) is 11.5 Å². The van der Waals surface area contributed by atoms with Gasteiger partial charge in [0.05, 0.1) is 0 Å². The van der Waals surface area contributed by atoms with Crippen LogP contribution in [0.5, 0.6) is 11.5 Å². The molecular weight excluding hydrogens is 224 g/mol. The number of benzene rings is 2. The fourth-order valence-corrected chi connectivity index (χ4v) is 2.30. The van der Waals surface area contributed by atoms with E-state index in [1.165, 1.54) is 0 Å². The molecule has 0 fully saturated rings. The Hall–Kier alpha value is -1.96. The van der Waals surface area contributed by atoms with Crippen LogP contribution in [0.15, 0.2) is 48.5 Å². The maximum absolute atomic E-state index is 9.58. The van der Waals surface area contributed by atoms with Crippen LogP contribution >= 0.6 is 0 Å². The van der Waals surface area contributed by atoms with Gasteiger partial charge >= 0.3 is 0 Å². The molecule has 0 radical (unpaired) electrons. The first-order chi connectivity index (χ1) is 8.70. The minimum atomic E-state index is 0.217. The van der Waals surface area contributed by atoms with E-state index in [0.29, 0.717) is 0 Å². The van der Waals surface area contributed by atoms with Gasteiger partial charge in [-0.1, -0.05) is 37.6 Å². The minimum absolute atomic E-state index is 0.217. The third-order valence-corrected chi connectivity index (χ3v) is 3.12. The van der Waals surface area contributed by atoms with Gasteiger partial charge in [-0.15, -0.1) is 0 Å². The van der Waals surface area contributed by atoms with Crippen molar-refractivity contribution in [2.45, 2.75) is 25.7 Å². The van der Waals surface area contributed by atoms with E-state index in [2.05, 4.69) is 6.92 Å². The summed E-state index contributed by atoms with van der Waals surface area (Å²) in [6.07, 6.45) is 2.04. The smallest absolute Gasteiger partial charge is 0.115 e. The van der Waals surface area contributed by atoms with Crippen molar-refractivity contribution in [2.75, 3.05) is 0 Å². The van der Waals surface area contributed by atoms with E-state index in [-0.39, 0.29) is 17.4 Å². The van der Waals surface area contributed by atoms with E-state index in [1.807, 2.05) is 24.3 Å². The van der Waals surface area contributed by atoms with Gasteiger partial charge in [-0.2, -0.15) is 0 Å². The molecule has 2 N–H and O–H groups in total. The van der Waals surface area contributed by atoms with E-state index < -0.39 is 0 Å². The zero-order valence-corrected chi connectivity index (χ0v) is 10.5. The first kappa shape index (κ1) is 12.5. The predicted molar refractivity (Wildman–Crippen MR) is 73.0 cm³/mol. The third-order valence-electron chi connectivity index (χ3n) is 3.12. The molecule has 0 spiro atoms. The standard InChI is InChI=1S/C16H18O2/c1-2-5-16(12-6-3-8-14(17)10-12)13-7-4-9-15(18)11-13/h3-4,6-11,16-18H,2,5H2,1H3. The quantitative estimate of drug-likeness (QED) is 0.849. The van der Waals surface area contributed by atoms with Crippen LogP contribution in [-0.4, -0.2) is 10.2 Å². The van der Waals surface area contributed by atoms with Crippen LogP contribution in [0, 0.1) is 0 Å². The summed E-state index contributed by atoms with van der Waals surface area (Å²) >= 11 is 0. The number of hydrogen-bond acceptors (Lipinski definition) is 2. The highest BCUT2D eigenvalue weighted by Gasteiger charge is 2.14. The Kier molecular flexibility index (Phi) is 3.88. The third kappa shape index (κ3) is 2.83. The molecule has 0 aliphatic carbocycles. The molecule has 0 aliphatic rings. The van der Waals surface area contributed by atoms with Crippen LogP contribution in [-0.2, 0) is 0 Å². The Labute approximate surface area is 108 Å². The van der Waals surface area contributed by atoms with Crippen molar-refractivity contribution in [3.63, 3.8) is 0 Å². The highest BCUT2D eigenvalue weighted by Crippen LogP contribution is 2.32. The SMILES string of the molecule is CCCC(c1cccc(O)c1)c1cccc(O)c1. The highest BCUT2D eigenvalue weighted by atomic mass is 16.3. The maximum Gasteiger partial charge on any atom is 0.115 e. The molecule has 0 unspecified atom stereocenters. The highest BCUT2D eigenvalue weighted by molar-refractivity contribution is 5.39. The summed E-state index contributed by atoms with van der Waals surface area (Å²) in [6.45, 7) is 2.14. The number of aromatic hydroxyl groups is 2. The predicted octanol–water partition coefficient (Wildman–Crippen LogP) is 4.03. The molecule has 94 valence electrons. The molecule has 2 aromatic carbocycles. The van der Waals surface area contributed by atoms with Crippen molar-refractivity contribution >= 4 is 0 Å². The molecule has 2 heteroatoms. The second-order valence-corrected chi connectivity index (χ2v) is 4.53. The topological polar surface area (TPSA) is 40.5 Å². The number of hydrogen-bond donors (Lipinski definition) is 2. The Balaban J connectivity index is 2.39. The van der Waals surface area contributed by atoms with Crippen LogP contribution in [0.3, 0.4) is 0 Å². The summed E-state index contributed by atoms with van der Waals surface area (Å²) in [5.74, 6) is 0.789. The van der Waals surface area contributed by atoms with Crippen molar-refractivity contribution < 1.29 is 10.2 Å². The van der Waals surface area contributed by atoms with Crippen LogP contribution in [0.25, 0.3) is 0 Å². The zero-order valence-electron chi connectivity index (χ0n) is 10.5. The molecule has 2 rings (SSSR count). The van der Waals surface area contributed by atoms with E-state index >= 15 is 0 Å². The average molecular weight is 242 g/mol. The Morgan fingerprint density at radius 1 is 0.889 bits per heavy atom. The normalized spacial score (nSPS) is 10.8. The van der Waals surface area contributed by atoms with Crippen molar-refractivity contribution in [1.82, 2.24) is 0 Å². The summed E-state index contributed by atoms with van der Waals surface area (Å²) in [4.78, 5) is 0. The van der Waals surface area contributed by atoms with Gasteiger partial charge < -0.3 is 10.2 Å². The summed E-state index contributed by atoms with van der Waals surface area (Å²) in [5.41, 5.74) is 2.17. The summed E-state index contributed by atoms with van der Waals surface area (Å²) in [6, 6.07) is 14.7. The number of rotatable bonds is 4.